The van der Waals surface area contributed by atoms with Crippen molar-refractivity contribution in [2.24, 2.45) is 0 Å². The maximum Gasteiger partial charge on any atom is 0.490 e. The van der Waals surface area contributed by atoms with Gasteiger partial charge in [0.15, 0.2) is 0 Å². The first kappa shape index (κ1) is 27.8. The van der Waals surface area contributed by atoms with E-state index in [0.717, 1.165) is 32.0 Å². The molecule has 0 fully saturated rings. The molecule has 0 spiro atoms. The average Bonchev–Trinajstić information content (AvgIpc) is 3.43. The third-order valence-electron chi connectivity index (χ3n) is 4.37. The maximum absolute atomic E-state index is 10.6. The number of imidazole rings is 1. The van der Waals surface area contributed by atoms with E-state index in [2.05, 4.69) is 42.3 Å². The molecule has 0 radical (unpaired) electrons. The van der Waals surface area contributed by atoms with Gasteiger partial charge in [0.1, 0.15) is 5.82 Å². The Kier molecular flexibility index (Phi) is 9.36. The van der Waals surface area contributed by atoms with Gasteiger partial charge in [-0.3, -0.25) is 9.88 Å². The molecule has 15 heteroatoms. The van der Waals surface area contributed by atoms with Crippen LogP contribution in [0.25, 0.3) is 11.3 Å². The minimum absolute atomic E-state index is 0.902. The number of aromatic nitrogens is 3. The molecular weight excluding hydrogens is 506 g/mol. The number of fused-ring (bicyclic) bond motifs is 1. The topological polar surface area (TPSA) is 109 Å². The number of alkyl halides is 6. The highest BCUT2D eigenvalue weighted by atomic mass is 32.1. The molecule has 0 saturated heterocycles. The Labute approximate surface area is 198 Å². The zero-order valence-corrected chi connectivity index (χ0v) is 18.4. The highest BCUT2D eigenvalue weighted by Gasteiger charge is 2.38. The Morgan fingerprint density at radius 1 is 1.00 bits per heavy atom. The number of rotatable bonds is 3. The third kappa shape index (κ3) is 8.68. The predicted molar refractivity (Wildman–Crippen MR) is 111 cm³/mol. The molecule has 4 heterocycles. The lowest BCUT2D eigenvalue weighted by atomic mass is 10.2. The van der Waals surface area contributed by atoms with E-state index in [1.165, 1.54) is 16.8 Å². The van der Waals surface area contributed by atoms with Crippen LogP contribution in [0.2, 0.25) is 0 Å². The van der Waals surface area contributed by atoms with Crippen molar-refractivity contribution < 1.29 is 46.1 Å². The van der Waals surface area contributed by atoms with Crippen molar-refractivity contribution in [3.05, 3.63) is 58.9 Å². The molecule has 0 bridgehead atoms. The average molecular weight is 524 g/mol. The smallest absolute Gasteiger partial charge is 0.475 e. The van der Waals surface area contributed by atoms with Crippen LogP contribution in [0.1, 0.15) is 11.4 Å². The zero-order chi connectivity index (χ0) is 26.2. The third-order valence-corrected chi connectivity index (χ3v) is 5.06. The summed E-state index contributed by atoms with van der Waals surface area (Å²) in [6.45, 7) is 3.89. The molecule has 4 rings (SSSR count). The number of carbonyl (C=O) groups is 2. The number of aliphatic carboxylic acids is 2. The standard InChI is InChI=1S/C16H16N4S.2C2HF3O2/c1-2-13(8-17-4-1)10-19-5-6-20-15(9-18-16(20)11-19)14-3-7-21-12-14;2*3-2(4,5)1(6)7/h1-4,7-9,12H,5-6,10-11H2;2*(H,6,7). The van der Waals surface area contributed by atoms with Gasteiger partial charge in [-0.25, -0.2) is 14.6 Å². The second-order valence-electron chi connectivity index (χ2n) is 6.90. The van der Waals surface area contributed by atoms with Crippen LogP contribution in [-0.4, -0.2) is 60.5 Å². The fraction of sp³-hybridized carbons (Fsp3) is 0.300. The fourth-order valence-electron chi connectivity index (χ4n) is 2.84. The largest absolute Gasteiger partial charge is 0.490 e. The van der Waals surface area contributed by atoms with Gasteiger partial charge in [0.05, 0.1) is 18.4 Å². The van der Waals surface area contributed by atoms with E-state index in [9.17, 15) is 26.3 Å². The number of pyridine rings is 1. The fourth-order valence-corrected chi connectivity index (χ4v) is 3.49. The zero-order valence-electron chi connectivity index (χ0n) is 17.6. The molecule has 35 heavy (non-hydrogen) atoms. The van der Waals surface area contributed by atoms with Crippen molar-refractivity contribution in [3.8, 4) is 11.3 Å². The predicted octanol–water partition coefficient (Wildman–Crippen LogP) is 4.29. The first-order valence-corrected chi connectivity index (χ1v) is 10.5. The number of halogens is 6. The molecule has 8 nitrogen and oxygen atoms in total. The van der Waals surface area contributed by atoms with Crippen molar-refractivity contribution >= 4 is 23.3 Å². The number of thiophene rings is 1. The molecule has 190 valence electrons. The van der Waals surface area contributed by atoms with Crippen molar-refractivity contribution in [2.75, 3.05) is 6.54 Å². The van der Waals surface area contributed by atoms with Gasteiger partial charge in [-0.2, -0.15) is 37.7 Å². The summed E-state index contributed by atoms with van der Waals surface area (Å²) in [5.74, 6) is -4.36. The van der Waals surface area contributed by atoms with E-state index < -0.39 is 24.3 Å². The lowest BCUT2D eigenvalue weighted by molar-refractivity contribution is -0.193. The van der Waals surface area contributed by atoms with Gasteiger partial charge in [0.2, 0.25) is 0 Å². The maximum atomic E-state index is 10.6. The molecule has 3 aromatic rings. The molecule has 0 atom stereocenters. The van der Waals surface area contributed by atoms with Crippen molar-refractivity contribution in [2.45, 2.75) is 32.0 Å². The van der Waals surface area contributed by atoms with Crippen molar-refractivity contribution in [1.82, 2.24) is 19.4 Å². The molecule has 0 amide bonds. The van der Waals surface area contributed by atoms with Gasteiger partial charge < -0.3 is 14.8 Å². The minimum Gasteiger partial charge on any atom is -0.475 e. The number of nitrogens with zero attached hydrogens (tertiary/aromatic N) is 4. The van der Waals surface area contributed by atoms with Gasteiger partial charge in [0, 0.05) is 43.0 Å². The van der Waals surface area contributed by atoms with Crippen LogP contribution in [0, 0.1) is 0 Å². The van der Waals surface area contributed by atoms with Crippen LogP contribution in [0.4, 0.5) is 26.3 Å². The van der Waals surface area contributed by atoms with Crippen LogP contribution in [0.3, 0.4) is 0 Å². The Morgan fingerprint density at radius 2 is 1.63 bits per heavy atom. The number of hydrogen-bond donors (Lipinski definition) is 2. The van der Waals surface area contributed by atoms with E-state index in [0.29, 0.717) is 0 Å². The monoisotopic (exact) mass is 524 g/mol. The van der Waals surface area contributed by atoms with Gasteiger partial charge in [0.25, 0.3) is 0 Å². The molecule has 0 unspecified atom stereocenters. The molecule has 0 saturated carbocycles. The summed E-state index contributed by atoms with van der Waals surface area (Å²) in [5, 5.41) is 18.6. The van der Waals surface area contributed by atoms with Crippen LogP contribution in [-0.2, 0) is 29.2 Å². The Bertz CT molecular complexity index is 1080. The van der Waals surface area contributed by atoms with Gasteiger partial charge in [-0.05, 0) is 23.1 Å². The Morgan fingerprint density at radius 3 is 2.11 bits per heavy atom. The van der Waals surface area contributed by atoms with Crippen molar-refractivity contribution in [1.29, 1.82) is 0 Å². The summed E-state index contributed by atoms with van der Waals surface area (Å²) in [7, 11) is 0. The first-order chi connectivity index (χ1) is 16.3. The summed E-state index contributed by atoms with van der Waals surface area (Å²) in [6, 6.07) is 6.29. The van der Waals surface area contributed by atoms with E-state index >= 15 is 0 Å². The van der Waals surface area contributed by atoms with E-state index in [4.69, 9.17) is 19.8 Å². The van der Waals surface area contributed by atoms with E-state index in [1.807, 2.05) is 24.7 Å². The summed E-state index contributed by atoms with van der Waals surface area (Å²) < 4.78 is 65.8. The summed E-state index contributed by atoms with van der Waals surface area (Å²) in [6.07, 6.45) is -4.40. The molecule has 0 aliphatic carbocycles. The van der Waals surface area contributed by atoms with E-state index in [-0.39, 0.29) is 0 Å². The lowest BCUT2D eigenvalue weighted by Gasteiger charge is -2.28. The Hall–Kier alpha value is -3.46. The quantitative estimate of drug-likeness (QED) is 0.492. The van der Waals surface area contributed by atoms with Crippen LogP contribution in [0.5, 0.6) is 0 Å². The van der Waals surface area contributed by atoms with Gasteiger partial charge in [-0.1, -0.05) is 6.07 Å². The highest BCUT2D eigenvalue weighted by Crippen LogP contribution is 2.26. The molecular formula is C20H18F6N4O4S. The molecule has 1 aliphatic rings. The summed E-state index contributed by atoms with van der Waals surface area (Å²) in [4.78, 5) is 29.0. The Balaban J connectivity index is 0.000000257. The lowest BCUT2D eigenvalue weighted by Crippen LogP contribution is -2.33. The normalized spacial score (nSPS) is 13.5. The molecule has 3 aromatic heterocycles. The second kappa shape index (κ2) is 11.8. The number of carboxylic acids is 2. The van der Waals surface area contributed by atoms with Crippen LogP contribution in [0.15, 0.2) is 47.5 Å². The van der Waals surface area contributed by atoms with Crippen LogP contribution >= 0.6 is 11.3 Å². The van der Waals surface area contributed by atoms with E-state index in [1.54, 1.807) is 11.3 Å². The van der Waals surface area contributed by atoms with Gasteiger partial charge >= 0.3 is 24.3 Å². The highest BCUT2D eigenvalue weighted by molar-refractivity contribution is 7.08. The molecule has 1 aliphatic heterocycles. The minimum atomic E-state index is -5.08. The van der Waals surface area contributed by atoms with Gasteiger partial charge in [-0.15, -0.1) is 0 Å². The first-order valence-electron chi connectivity index (χ1n) is 9.57. The second-order valence-corrected chi connectivity index (χ2v) is 7.68. The summed E-state index contributed by atoms with van der Waals surface area (Å²) >= 11 is 1.73. The molecule has 2 N–H and O–H groups in total. The number of carboxylic acid groups (broad SMARTS) is 2. The van der Waals surface area contributed by atoms with Crippen molar-refractivity contribution in [3.63, 3.8) is 0 Å². The SMILES string of the molecule is O=C(O)C(F)(F)F.O=C(O)C(F)(F)F.c1cncc(CN2CCn3c(-c4ccsc4)cnc3C2)c1. The molecule has 0 aromatic carbocycles. The summed E-state index contributed by atoms with van der Waals surface area (Å²) in [5.41, 5.74) is 3.78. The number of hydrogen-bond acceptors (Lipinski definition) is 6. The van der Waals surface area contributed by atoms with Crippen LogP contribution < -0.4 is 0 Å².